The van der Waals surface area contributed by atoms with Gasteiger partial charge in [0, 0.05) is 26.3 Å². The van der Waals surface area contributed by atoms with E-state index in [2.05, 4.69) is 10.6 Å². The molecule has 0 bridgehead atoms. The van der Waals surface area contributed by atoms with Crippen molar-refractivity contribution in [2.75, 3.05) is 19.3 Å². The molecule has 1 unspecified atom stereocenters. The van der Waals surface area contributed by atoms with Gasteiger partial charge in [-0.05, 0) is 0 Å². The molecule has 7 nitrogen and oxygen atoms in total. The second-order valence-electron chi connectivity index (χ2n) is 3.43. The van der Waals surface area contributed by atoms with Gasteiger partial charge in [-0.15, -0.1) is 11.8 Å². The Hall–Kier alpha value is -1.57. The third kappa shape index (κ3) is 3.45. The molecule has 0 radical (unpaired) electrons. The Labute approximate surface area is 102 Å². The summed E-state index contributed by atoms with van der Waals surface area (Å²) in [5, 5.41) is 3.71. The van der Waals surface area contributed by atoms with Crippen LogP contribution < -0.4 is 10.6 Å². The van der Waals surface area contributed by atoms with E-state index in [-0.39, 0.29) is 5.91 Å². The fourth-order valence-electron chi connectivity index (χ4n) is 1.19. The Morgan fingerprint density at radius 2 is 2.12 bits per heavy atom. The second kappa shape index (κ2) is 5.67. The fraction of sp³-hybridized carbons (Fsp3) is 0.556. The Bertz CT molecular complexity index is 371. The first kappa shape index (κ1) is 13.5. The van der Waals surface area contributed by atoms with Crippen molar-refractivity contribution in [1.29, 1.82) is 0 Å². The molecule has 0 spiro atoms. The standard InChI is InChI=1S/C9H13N3O4S/c1-5(13)10-3-4-17-6-7(14)11-9(16)12(2)8(6)15/h6H,3-4H2,1-2H3,(H,10,13)(H,11,14,16). The van der Waals surface area contributed by atoms with E-state index in [0.29, 0.717) is 12.3 Å². The van der Waals surface area contributed by atoms with Crippen LogP contribution in [0.3, 0.4) is 0 Å². The summed E-state index contributed by atoms with van der Waals surface area (Å²) in [5.74, 6) is -0.888. The molecule has 8 heteroatoms. The van der Waals surface area contributed by atoms with Gasteiger partial charge in [0.1, 0.15) is 0 Å². The Morgan fingerprint density at radius 1 is 1.47 bits per heavy atom. The molecule has 5 amide bonds. The number of nitrogens with zero attached hydrogens (tertiary/aromatic N) is 1. The van der Waals surface area contributed by atoms with Crippen LogP contribution in [0.4, 0.5) is 4.79 Å². The molecule has 0 aromatic rings. The maximum Gasteiger partial charge on any atom is 0.330 e. The summed E-state index contributed by atoms with van der Waals surface area (Å²) >= 11 is 1.09. The first-order chi connectivity index (χ1) is 7.93. The summed E-state index contributed by atoms with van der Waals surface area (Å²) in [4.78, 5) is 45.6. The fourth-order valence-corrected chi connectivity index (χ4v) is 2.16. The molecule has 0 aliphatic carbocycles. The normalized spacial score (nSPS) is 20.2. The predicted molar refractivity (Wildman–Crippen MR) is 61.2 cm³/mol. The number of barbiturate groups is 1. The zero-order chi connectivity index (χ0) is 13.0. The number of carbonyl (C=O) groups is 4. The molecule has 0 saturated carbocycles. The smallest absolute Gasteiger partial charge is 0.330 e. The van der Waals surface area contributed by atoms with Crippen LogP contribution in [-0.4, -0.2) is 53.2 Å². The van der Waals surface area contributed by atoms with Gasteiger partial charge in [-0.1, -0.05) is 0 Å². The van der Waals surface area contributed by atoms with Crippen LogP contribution in [0.2, 0.25) is 0 Å². The van der Waals surface area contributed by atoms with Gasteiger partial charge in [0.25, 0.3) is 11.8 Å². The highest BCUT2D eigenvalue weighted by atomic mass is 32.2. The van der Waals surface area contributed by atoms with Crippen molar-refractivity contribution in [2.24, 2.45) is 0 Å². The monoisotopic (exact) mass is 259 g/mol. The van der Waals surface area contributed by atoms with Crippen molar-refractivity contribution < 1.29 is 19.2 Å². The van der Waals surface area contributed by atoms with Gasteiger partial charge >= 0.3 is 6.03 Å². The number of carbonyl (C=O) groups excluding carboxylic acids is 4. The van der Waals surface area contributed by atoms with Crippen molar-refractivity contribution in [2.45, 2.75) is 12.2 Å². The van der Waals surface area contributed by atoms with Crippen LogP contribution >= 0.6 is 11.8 Å². The first-order valence-corrected chi connectivity index (χ1v) is 5.96. The number of urea groups is 1. The van der Waals surface area contributed by atoms with Crippen LogP contribution in [0.1, 0.15) is 6.92 Å². The van der Waals surface area contributed by atoms with E-state index in [9.17, 15) is 19.2 Å². The average Bonchev–Trinajstić information content (AvgIpc) is 2.24. The van der Waals surface area contributed by atoms with Gasteiger partial charge in [-0.3, -0.25) is 24.6 Å². The number of thioether (sulfide) groups is 1. The summed E-state index contributed by atoms with van der Waals surface area (Å²) in [7, 11) is 1.31. The third-order valence-electron chi connectivity index (χ3n) is 2.09. The lowest BCUT2D eigenvalue weighted by molar-refractivity contribution is -0.134. The maximum atomic E-state index is 11.6. The van der Waals surface area contributed by atoms with Gasteiger partial charge in [-0.2, -0.15) is 0 Å². The average molecular weight is 259 g/mol. The molecular weight excluding hydrogens is 246 g/mol. The van der Waals surface area contributed by atoms with Gasteiger partial charge in [0.15, 0.2) is 5.25 Å². The summed E-state index contributed by atoms with van der Waals surface area (Å²) in [6.45, 7) is 1.75. The quantitative estimate of drug-likeness (QED) is 0.495. The number of hydrogen-bond acceptors (Lipinski definition) is 5. The molecule has 1 aliphatic rings. The largest absolute Gasteiger partial charge is 0.356 e. The van der Waals surface area contributed by atoms with Crippen LogP contribution in [0.15, 0.2) is 0 Å². The Morgan fingerprint density at radius 3 is 2.71 bits per heavy atom. The van der Waals surface area contributed by atoms with Crippen LogP contribution in [0.25, 0.3) is 0 Å². The Balaban J connectivity index is 2.46. The van der Waals surface area contributed by atoms with Gasteiger partial charge < -0.3 is 5.32 Å². The number of imide groups is 2. The zero-order valence-electron chi connectivity index (χ0n) is 9.48. The van der Waals surface area contributed by atoms with Crippen molar-refractivity contribution in [3.63, 3.8) is 0 Å². The predicted octanol–water partition coefficient (Wildman–Crippen LogP) is -1.07. The molecule has 1 aliphatic heterocycles. The van der Waals surface area contributed by atoms with E-state index >= 15 is 0 Å². The number of rotatable bonds is 4. The van der Waals surface area contributed by atoms with E-state index in [1.54, 1.807) is 0 Å². The lowest BCUT2D eigenvalue weighted by Gasteiger charge is -2.26. The van der Waals surface area contributed by atoms with Gasteiger partial charge in [0.05, 0.1) is 0 Å². The van der Waals surface area contributed by atoms with Crippen LogP contribution in [-0.2, 0) is 14.4 Å². The highest BCUT2D eigenvalue weighted by Gasteiger charge is 2.38. The molecule has 1 heterocycles. The molecule has 1 fully saturated rings. The number of hydrogen-bond donors (Lipinski definition) is 2. The van der Waals surface area contributed by atoms with Crippen molar-refractivity contribution in [3.8, 4) is 0 Å². The highest BCUT2D eigenvalue weighted by molar-refractivity contribution is 8.01. The minimum absolute atomic E-state index is 0.169. The third-order valence-corrected chi connectivity index (χ3v) is 3.28. The van der Waals surface area contributed by atoms with Crippen molar-refractivity contribution in [3.05, 3.63) is 0 Å². The first-order valence-electron chi connectivity index (χ1n) is 4.92. The lowest BCUT2D eigenvalue weighted by Crippen LogP contribution is -2.58. The molecule has 0 aromatic carbocycles. The molecule has 17 heavy (non-hydrogen) atoms. The Kier molecular flexibility index (Phi) is 4.50. The topological polar surface area (TPSA) is 95.6 Å². The second-order valence-corrected chi connectivity index (χ2v) is 4.64. The van der Waals surface area contributed by atoms with E-state index in [1.807, 2.05) is 0 Å². The summed E-state index contributed by atoms with van der Waals surface area (Å²) < 4.78 is 0. The lowest BCUT2D eigenvalue weighted by atomic mass is 10.3. The summed E-state index contributed by atoms with van der Waals surface area (Å²) in [6.07, 6.45) is 0. The highest BCUT2D eigenvalue weighted by Crippen LogP contribution is 2.16. The van der Waals surface area contributed by atoms with Gasteiger partial charge in [-0.25, -0.2) is 4.79 Å². The maximum absolute atomic E-state index is 11.6. The molecular formula is C9H13N3O4S. The summed E-state index contributed by atoms with van der Waals surface area (Å²) in [6, 6.07) is -0.710. The van der Waals surface area contributed by atoms with E-state index in [0.717, 1.165) is 16.7 Å². The minimum Gasteiger partial charge on any atom is -0.356 e. The van der Waals surface area contributed by atoms with Gasteiger partial charge in [0.2, 0.25) is 5.91 Å². The van der Waals surface area contributed by atoms with Crippen LogP contribution in [0, 0.1) is 0 Å². The molecule has 94 valence electrons. The zero-order valence-corrected chi connectivity index (χ0v) is 10.3. The number of amides is 5. The molecule has 1 rings (SSSR count). The molecule has 2 N–H and O–H groups in total. The van der Waals surface area contributed by atoms with Crippen molar-refractivity contribution in [1.82, 2.24) is 15.5 Å². The summed E-state index contributed by atoms with van der Waals surface area (Å²) in [5.41, 5.74) is 0. The van der Waals surface area contributed by atoms with Crippen molar-refractivity contribution >= 4 is 35.5 Å². The molecule has 0 aromatic heterocycles. The molecule has 1 atom stereocenters. The van der Waals surface area contributed by atoms with E-state index < -0.39 is 23.1 Å². The van der Waals surface area contributed by atoms with Crippen LogP contribution in [0.5, 0.6) is 0 Å². The minimum atomic E-state index is -0.925. The van der Waals surface area contributed by atoms with E-state index in [4.69, 9.17) is 0 Å². The number of nitrogens with one attached hydrogen (secondary N) is 2. The molecule has 1 saturated heterocycles. The SMILES string of the molecule is CC(=O)NCCSC1C(=O)NC(=O)N(C)C1=O. The van der Waals surface area contributed by atoms with E-state index in [1.165, 1.54) is 14.0 Å².